The number of halogens is 2. The number of aliphatic hydroxyl groups is 1. The molecule has 0 amide bonds. The van der Waals surface area contributed by atoms with Crippen LogP contribution in [0.2, 0.25) is 0 Å². The third-order valence-electron chi connectivity index (χ3n) is 0.789. The van der Waals surface area contributed by atoms with Crippen molar-refractivity contribution >= 4 is 23.2 Å². The minimum atomic E-state index is -0.378. The van der Waals surface area contributed by atoms with Gasteiger partial charge in [0.2, 0.25) is 0 Å². The van der Waals surface area contributed by atoms with Crippen molar-refractivity contribution in [1.82, 2.24) is 0 Å². The molecule has 0 saturated carbocycles. The molecule has 0 fully saturated rings. The van der Waals surface area contributed by atoms with E-state index in [0.717, 1.165) is 0 Å². The first-order valence-electron chi connectivity index (χ1n) is 2.75. The average molecular weight is 169 g/mol. The molecule has 1 N–H and O–H groups in total. The number of hydrogen-bond donors (Lipinski definition) is 1. The molecule has 0 rings (SSSR count). The maximum absolute atomic E-state index is 8.78. The van der Waals surface area contributed by atoms with Crippen LogP contribution in [0.5, 0.6) is 0 Å². The summed E-state index contributed by atoms with van der Waals surface area (Å²) in [7, 11) is 0. The second kappa shape index (κ2) is 5.10. The topological polar surface area (TPSA) is 20.2 Å². The van der Waals surface area contributed by atoms with Gasteiger partial charge in [0.15, 0.2) is 0 Å². The maximum Gasteiger partial charge on any atom is 0.0560 e. The van der Waals surface area contributed by atoms with Crippen LogP contribution in [0.1, 0.15) is 13.3 Å². The quantitative estimate of drug-likeness (QED) is 0.641. The Kier molecular flexibility index (Phi) is 5.25. The minimum absolute atomic E-state index is 0.378. The molecule has 0 aliphatic rings. The molecule has 0 heterocycles. The predicted octanol–water partition coefficient (Wildman–Crippen LogP) is 2.12. The van der Waals surface area contributed by atoms with Gasteiger partial charge in [-0.05, 0) is 6.92 Å². The normalized spacial score (nSPS) is 15.8. The van der Waals surface area contributed by atoms with E-state index in [1.54, 1.807) is 13.0 Å². The van der Waals surface area contributed by atoms with Crippen molar-refractivity contribution in [3.63, 3.8) is 0 Å². The highest BCUT2D eigenvalue weighted by Gasteiger charge is 1.96. The van der Waals surface area contributed by atoms with Gasteiger partial charge in [0.25, 0.3) is 0 Å². The van der Waals surface area contributed by atoms with Crippen molar-refractivity contribution < 1.29 is 5.11 Å². The van der Waals surface area contributed by atoms with Gasteiger partial charge in [-0.15, -0.1) is 11.6 Å². The fourth-order valence-corrected chi connectivity index (χ4v) is 1.01. The molecule has 0 aliphatic heterocycles. The molecule has 3 heteroatoms. The Balaban J connectivity index is 3.49. The molecule has 0 aromatic heterocycles. The van der Waals surface area contributed by atoms with E-state index >= 15 is 0 Å². The van der Waals surface area contributed by atoms with Gasteiger partial charge in [-0.1, -0.05) is 17.7 Å². The standard InChI is InChI=1S/C6H10Cl2O/c1-5(9)4-6(8)2-3-7/h2,5,9H,3-4H2,1H3. The van der Waals surface area contributed by atoms with E-state index in [1.165, 1.54) is 0 Å². The smallest absolute Gasteiger partial charge is 0.0560 e. The van der Waals surface area contributed by atoms with Gasteiger partial charge >= 0.3 is 0 Å². The summed E-state index contributed by atoms with van der Waals surface area (Å²) >= 11 is 10.9. The first kappa shape index (κ1) is 9.28. The van der Waals surface area contributed by atoms with Gasteiger partial charge in [-0.25, -0.2) is 0 Å². The van der Waals surface area contributed by atoms with Crippen molar-refractivity contribution in [2.24, 2.45) is 0 Å². The molecule has 0 radical (unpaired) electrons. The second-order valence-electron chi connectivity index (χ2n) is 1.86. The molecule has 0 bridgehead atoms. The second-order valence-corrected chi connectivity index (χ2v) is 2.65. The van der Waals surface area contributed by atoms with Crippen LogP contribution in [0.4, 0.5) is 0 Å². The van der Waals surface area contributed by atoms with E-state index in [2.05, 4.69) is 0 Å². The Morgan fingerprint density at radius 2 is 2.33 bits per heavy atom. The number of hydrogen-bond acceptors (Lipinski definition) is 1. The summed E-state index contributed by atoms with van der Waals surface area (Å²) in [4.78, 5) is 0. The lowest BCUT2D eigenvalue weighted by Gasteiger charge is -1.99. The van der Waals surface area contributed by atoms with E-state index in [1.807, 2.05) is 0 Å². The van der Waals surface area contributed by atoms with Crippen LogP contribution < -0.4 is 0 Å². The summed E-state index contributed by atoms with van der Waals surface area (Å²) in [5.41, 5.74) is 0. The molecule has 54 valence electrons. The van der Waals surface area contributed by atoms with Gasteiger partial charge < -0.3 is 5.11 Å². The Hall–Kier alpha value is 0.280. The summed E-state index contributed by atoms with van der Waals surface area (Å²) in [6.07, 6.45) is 1.79. The molecule has 1 atom stereocenters. The number of aliphatic hydroxyl groups excluding tert-OH is 1. The number of allylic oxidation sites excluding steroid dienone is 1. The first-order chi connectivity index (χ1) is 4.16. The maximum atomic E-state index is 8.78. The summed E-state index contributed by atoms with van der Waals surface area (Å²) in [5.74, 6) is 0.408. The highest BCUT2D eigenvalue weighted by Crippen LogP contribution is 2.09. The molecule has 1 unspecified atom stereocenters. The predicted molar refractivity (Wildman–Crippen MR) is 41.0 cm³/mol. The Morgan fingerprint density at radius 3 is 2.67 bits per heavy atom. The zero-order valence-electron chi connectivity index (χ0n) is 5.27. The van der Waals surface area contributed by atoms with Gasteiger partial charge in [-0.3, -0.25) is 0 Å². The van der Waals surface area contributed by atoms with Crippen molar-refractivity contribution in [3.8, 4) is 0 Å². The third kappa shape index (κ3) is 6.16. The van der Waals surface area contributed by atoms with E-state index < -0.39 is 0 Å². The van der Waals surface area contributed by atoms with E-state index in [-0.39, 0.29) is 6.10 Å². The molecule has 0 spiro atoms. The number of rotatable bonds is 3. The van der Waals surface area contributed by atoms with E-state index in [9.17, 15) is 0 Å². The summed E-state index contributed by atoms with van der Waals surface area (Å²) < 4.78 is 0. The van der Waals surface area contributed by atoms with Crippen molar-refractivity contribution in [3.05, 3.63) is 11.1 Å². The summed E-state index contributed by atoms with van der Waals surface area (Å²) in [6.45, 7) is 1.68. The van der Waals surface area contributed by atoms with Crippen LogP contribution in [0.3, 0.4) is 0 Å². The SMILES string of the molecule is CC(O)CC(Cl)=CCCl. The molecule has 0 saturated heterocycles. The van der Waals surface area contributed by atoms with Crippen LogP contribution in [0.15, 0.2) is 11.1 Å². The molecule has 0 aliphatic carbocycles. The average Bonchev–Trinajstić information content (AvgIpc) is 1.63. The van der Waals surface area contributed by atoms with E-state index in [0.29, 0.717) is 17.3 Å². The van der Waals surface area contributed by atoms with Crippen LogP contribution in [0.25, 0.3) is 0 Å². The fourth-order valence-electron chi connectivity index (χ4n) is 0.449. The molecular weight excluding hydrogens is 159 g/mol. The van der Waals surface area contributed by atoms with Gasteiger partial charge in [0.1, 0.15) is 0 Å². The highest BCUT2D eigenvalue weighted by atomic mass is 35.5. The Morgan fingerprint density at radius 1 is 1.78 bits per heavy atom. The third-order valence-corrected chi connectivity index (χ3v) is 1.25. The van der Waals surface area contributed by atoms with Crippen LogP contribution in [0, 0.1) is 0 Å². The minimum Gasteiger partial charge on any atom is -0.393 e. The van der Waals surface area contributed by atoms with Crippen LogP contribution in [-0.2, 0) is 0 Å². The first-order valence-corrected chi connectivity index (χ1v) is 3.66. The van der Waals surface area contributed by atoms with Crippen molar-refractivity contribution in [1.29, 1.82) is 0 Å². The molecule has 0 aromatic rings. The fraction of sp³-hybridized carbons (Fsp3) is 0.667. The number of alkyl halides is 1. The molecule has 0 aromatic carbocycles. The van der Waals surface area contributed by atoms with Gasteiger partial charge in [0, 0.05) is 17.3 Å². The summed E-state index contributed by atoms with van der Waals surface area (Å²) in [5, 5.41) is 9.41. The van der Waals surface area contributed by atoms with Crippen LogP contribution in [-0.4, -0.2) is 17.1 Å². The van der Waals surface area contributed by atoms with Crippen molar-refractivity contribution in [2.45, 2.75) is 19.4 Å². The molecule has 1 nitrogen and oxygen atoms in total. The highest BCUT2D eigenvalue weighted by molar-refractivity contribution is 6.30. The largest absolute Gasteiger partial charge is 0.393 e. The molecular formula is C6H10Cl2O. The lowest BCUT2D eigenvalue weighted by atomic mass is 10.3. The monoisotopic (exact) mass is 168 g/mol. The lowest BCUT2D eigenvalue weighted by molar-refractivity contribution is 0.197. The van der Waals surface area contributed by atoms with Gasteiger partial charge in [0.05, 0.1) is 6.10 Å². The molecule has 9 heavy (non-hydrogen) atoms. The Bertz CT molecular complexity index is 99.2. The van der Waals surface area contributed by atoms with Crippen molar-refractivity contribution in [2.75, 3.05) is 5.88 Å². The zero-order valence-corrected chi connectivity index (χ0v) is 6.78. The zero-order chi connectivity index (χ0) is 7.28. The van der Waals surface area contributed by atoms with Gasteiger partial charge in [-0.2, -0.15) is 0 Å². The lowest BCUT2D eigenvalue weighted by Crippen LogP contribution is -1.98. The van der Waals surface area contributed by atoms with E-state index in [4.69, 9.17) is 28.3 Å². The Labute approximate surface area is 65.3 Å². The summed E-state index contributed by atoms with van der Waals surface area (Å²) in [6, 6.07) is 0. The van der Waals surface area contributed by atoms with Crippen LogP contribution >= 0.6 is 23.2 Å².